The highest BCUT2D eigenvalue weighted by molar-refractivity contribution is 5.78. The minimum Gasteiger partial charge on any atom is -0.500 e. The van der Waals surface area contributed by atoms with Crippen molar-refractivity contribution in [2.75, 3.05) is 14.2 Å². The van der Waals surface area contributed by atoms with Crippen LogP contribution in [0.3, 0.4) is 0 Å². The van der Waals surface area contributed by atoms with Gasteiger partial charge in [-0.1, -0.05) is 12.2 Å². The molecule has 0 saturated heterocycles. The average Bonchev–Trinajstić information content (AvgIpc) is 2.63. The van der Waals surface area contributed by atoms with Gasteiger partial charge in [-0.2, -0.15) is 0 Å². The number of rotatable bonds is 2. The third-order valence-corrected chi connectivity index (χ3v) is 3.72. The lowest BCUT2D eigenvalue weighted by Crippen LogP contribution is -2.31. The average molecular weight is 238 g/mol. The van der Waals surface area contributed by atoms with Crippen molar-refractivity contribution < 1.29 is 19.4 Å². The molecule has 0 aromatic carbocycles. The smallest absolute Gasteiger partial charge is 0.320 e. The van der Waals surface area contributed by atoms with Crippen LogP contribution in [0.4, 0.5) is 0 Å². The zero-order chi connectivity index (χ0) is 12.6. The fourth-order valence-electron chi connectivity index (χ4n) is 2.75. The summed E-state index contributed by atoms with van der Waals surface area (Å²) >= 11 is 0. The SMILES string of the molecule is COC(=O)[C@@H]1C=C[C@@H]2C(=C1OC)CC[C@@]2(C)O. The molecule has 2 rings (SSSR count). The van der Waals surface area contributed by atoms with Gasteiger partial charge in [0.05, 0.1) is 19.8 Å². The molecular weight excluding hydrogens is 220 g/mol. The molecule has 4 heteroatoms. The summed E-state index contributed by atoms with van der Waals surface area (Å²) in [7, 11) is 2.92. The zero-order valence-corrected chi connectivity index (χ0v) is 10.4. The van der Waals surface area contributed by atoms with Crippen LogP contribution >= 0.6 is 0 Å². The van der Waals surface area contributed by atoms with Crippen LogP contribution in [0, 0.1) is 11.8 Å². The Morgan fingerprint density at radius 3 is 2.76 bits per heavy atom. The molecule has 0 aromatic rings. The molecule has 1 saturated carbocycles. The highest BCUT2D eigenvalue weighted by atomic mass is 16.5. The van der Waals surface area contributed by atoms with Crippen molar-refractivity contribution in [2.45, 2.75) is 25.4 Å². The van der Waals surface area contributed by atoms with Gasteiger partial charge in [-0.25, -0.2) is 0 Å². The number of hydrogen-bond acceptors (Lipinski definition) is 4. The highest BCUT2D eigenvalue weighted by Gasteiger charge is 2.44. The molecule has 3 atom stereocenters. The Morgan fingerprint density at radius 2 is 2.18 bits per heavy atom. The lowest BCUT2D eigenvalue weighted by atomic mass is 9.83. The Balaban J connectivity index is 2.38. The molecule has 2 aliphatic carbocycles. The normalized spacial score (nSPS) is 35.8. The van der Waals surface area contributed by atoms with E-state index in [1.807, 2.05) is 13.0 Å². The molecule has 17 heavy (non-hydrogen) atoms. The number of fused-ring (bicyclic) bond motifs is 1. The van der Waals surface area contributed by atoms with Crippen molar-refractivity contribution in [1.29, 1.82) is 0 Å². The first-order valence-corrected chi connectivity index (χ1v) is 5.76. The van der Waals surface area contributed by atoms with Crippen molar-refractivity contribution >= 4 is 5.97 Å². The quantitative estimate of drug-likeness (QED) is 0.583. The minimum absolute atomic E-state index is 0.0432. The van der Waals surface area contributed by atoms with Crippen LogP contribution in [0.5, 0.6) is 0 Å². The summed E-state index contributed by atoms with van der Waals surface area (Å²) in [6, 6.07) is 0. The number of carbonyl (C=O) groups excluding carboxylic acids is 1. The molecule has 0 radical (unpaired) electrons. The van der Waals surface area contributed by atoms with E-state index in [9.17, 15) is 9.90 Å². The van der Waals surface area contributed by atoms with Crippen LogP contribution in [-0.4, -0.2) is 30.9 Å². The highest BCUT2D eigenvalue weighted by Crippen LogP contribution is 2.46. The molecule has 94 valence electrons. The van der Waals surface area contributed by atoms with E-state index in [0.717, 1.165) is 12.0 Å². The summed E-state index contributed by atoms with van der Waals surface area (Å²) in [5.41, 5.74) is 0.284. The first-order chi connectivity index (χ1) is 8.01. The van der Waals surface area contributed by atoms with Gasteiger partial charge in [-0.3, -0.25) is 4.79 Å². The molecule has 0 spiro atoms. The fourth-order valence-corrected chi connectivity index (χ4v) is 2.75. The van der Waals surface area contributed by atoms with E-state index in [2.05, 4.69) is 0 Å². The van der Waals surface area contributed by atoms with Gasteiger partial charge in [0.2, 0.25) is 0 Å². The Morgan fingerprint density at radius 1 is 1.47 bits per heavy atom. The predicted octanol–water partition coefficient (Wildman–Crippen LogP) is 1.41. The lowest BCUT2D eigenvalue weighted by Gasteiger charge is -2.29. The number of methoxy groups -OCH3 is 2. The van der Waals surface area contributed by atoms with Crippen molar-refractivity contribution in [1.82, 2.24) is 0 Å². The van der Waals surface area contributed by atoms with Crippen LogP contribution < -0.4 is 0 Å². The maximum atomic E-state index is 11.6. The molecular formula is C13H18O4. The van der Waals surface area contributed by atoms with Gasteiger partial charge in [-0.05, 0) is 25.3 Å². The minimum atomic E-state index is -0.739. The van der Waals surface area contributed by atoms with Gasteiger partial charge >= 0.3 is 5.97 Å². The third kappa shape index (κ3) is 1.86. The van der Waals surface area contributed by atoms with Gasteiger partial charge in [0.15, 0.2) is 0 Å². The van der Waals surface area contributed by atoms with Crippen LogP contribution in [0.25, 0.3) is 0 Å². The van der Waals surface area contributed by atoms with Gasteiger partial charge < -0.3 is 14.6 Å². The van der Waals surface area contributed by atoms with Gasteiger partial charge in [0.25, 0.3) is 0 Å². The predicted molar refractivity (Wildman–Crippen MR) is 62.0 cm³/mol. The summed E-state index contributed by atoms with van der Waals surface area (Å²) in [6.07, 6.45) is 5.11. The second-order valence-corrected chi connectivity index (χ2v) is 4.81. The number of esters is 1. The monoisotopic (exact) mass is 238 g/mol. The number of carbonyl (C=O) groups is 1. The molecule has 0 aromatic heterocycles. The summed E-state index contributed by atoms with van der Waals surface area (Å²) < 4.78 is 10.1. The standard InChI is InChI=1S/C13H18O4/c1-13(15)7-6-8-10(13)5-4-9(11(8)16-2)12(14)17-3/h4-5,9-10,15H,6-7H2,1-3H3/t9-,10-,13-/m1/s1. The van der Waals surface area contributed by atoms with Crippen molar-refractivity contribution in [2.24, 2.45) is 11.8 Å². The fraction of sp³-hybridized carbons (Fsp3) is 0.615. The molecule has 0 aliphatic heterocycles. The maximum Gasteiger partial charge on any atom is 0.320 e. The Bertz CT molecular complexity index is 392. The van der Waals surface area contributed by atoms with Crippen molar-refractivity contribution in [3.8, 4) is 0 Å². The number of aliphatic hydroxyl groups is 1. The van der Waals surface area contributed by atoms with E-state index >= 15 is 0 Å². The summed E-state index contributed by atoms with van der Waals surface area (Å²) in [6.45, 7) is 1.82. The van der Waals surface area contributed by atoms with Gasteiger partial charge in [0.1, 0.15) is 11.7 Å². The third-order valence-electron chi connectivity index (χ3n) is 3.72. The van der Waals surface area contributed by atoms with E-state index in [-0.39, 0.29) is 11.9 Å². The summed E-state index contributed by atoms with van der Waals surface area (Å²) in [4.78, 5) is 11.6. The first-order valence-electron chi connectivity index (χ1n) is 5.76. The Hall–Kier alpha value is -1.29. The Kier molecular flexibility index (Phi) is 3.00. The number of ether oxygens (including phenoxy) is 2. The molecule has 4 nitrogen and oxygen atoms in total. The molecule has 1 N–H and O–H groups in total. The van der Waals surface area contributed by atoms with E-state index in [1.165, 1.54) is 7.11 Å². The molecule has 0 unspecified atom stereocenters. The largest absolute Gasteiger partial charge is 0.500 e. The molecule has 2 aliphatic rings. The zero-order valence-electron chi connectivity index (χ0n) is 10.4. The van der Waals surface area contributed by atoms with Crippen LogP contribution in [0.2, 0.25) is 0 Å². The van der Waals surface area contributed by atoms with Crippen LogP contribution in [0.15, 0.2) is 23.5 Å². The lowest BCUT2D eigenvalue weighted by molar-refractivity contribution is -0.143. The molecule has 0 heterocycles. The van der Waals surface area contributed by atoms with E-state index in [0.29, 0.717) is 12.2 Å². The van der Waals surface area contributed by atoms with Gasteiger partial charge in [-0.15, -0.1) is 0 Å². The Labute approximate surface area is 101 Å². The molecule has 0 amide bonds. The van der Waals surface area contributed by atoms with Crippen molar-refractivity contribution in [3.05, 3.63) is 23.5 Å². The van der Waals surface area contributed by atoms with Crippen molar-refractivity contribution in [3.63, 3.8) is 0 Å². The van der Waals surface area contributed by atoms with Gasteiger partial charge in [0, 0.05) is 5.92 Å². The molecule has 1 fully saturated rings. The topological polar surface area (TPSA) is 55.8 Å². The molecule has 0 bridgehead atoms. The second-order valence-electron chi connectivity index (χ2n) is 4.81. The summed E-state index contributed by atoms with van der Waals surface area (Å²) in [5.74, 6) is -0.193. The maximum absolute atomic E-state index is 11.6. The first kappa shape index (κ1) is 12.2. The van der Waals surface area contributed by atoms with E-state index in [1.54, 1.807) is 13.2 Å². The van der Waals surface area contributed by atoms with Crippen LogP contribution in [0.1, 0.15) is 19.8 Å². The van der Waals surface area contributed by atoms with E-state index < -0.39 is 11.5 Å². The number of hydrogen-bond donors (Lipinski definition) is 1. The van der Waals surface area contributed by atoms with E-state index in [4.69, 9.17) is 9.47 Å². The van der Waals surface area contributed by atoms with Crippen LogP contribution in [-0.2, 0) is 14.3 Å². The summed E-state index contributed by atoms with van der Waals surface area (Å²) in [5, 5.41) is 10.2. The second kappa shape index (κ2) is 4.18.